The molecule has 0 spiro atoms. The Morgan fingerprint density at radius 2 is 1.29 bits per heavy atom. The summed E-state index contributed by atoms with van der Waals surface area (Å²) in [4.78, 5) is 0. The maximum Gasteiger partial charge on any atom is -0.0168 e. The molecule has 0 rings (SSSR count). The first-order valence-electron chi connectivity index (χ1n) is 5.76. The fraction of sp³-hybridized carbons (Fsp3) is 0.857. The predicted molar refractivity (Wildman–Crippen MR) is 66.4 cm³/mol. The quantitative estimate of drug-likeness (QED) is 0.542. The van der Waals surface area contributed by atoms with E-state index >= 15 is 0 Å². The fourth-order valence-electron chi connectivity index (χ4n) is 2.09. The molecule has 0 amide bonds. The van der Waals surface area contributed by atoms with Crippen LogP contribution >= 0.6 is 0 Å². The first-order chi connectivity index (χ1) is 6.05. The van der Waals surface area contributed by atoms with E-state index in [1.165, 1.54) is 6.42 Å². The Morgan fingerprint density at radius 1 is 0.929 bits per heavy atom. The molecule has 84 valence electrons. The molecule has 0 unspecified atom stereocenters. The maximum atomic E-state index is 2.45. The highest BCUT2D eigenvalue weighted by Crippen LogP contribution is 2.39. The average Bonchev–Trinajstić information content (AvgIpc) is 1.78. The van der Waals surface area contributed by atoms with Gasteiger partial charge in [0.25, 0.3) is 0 Å². The van der Waals surface area contributed by atoms with Gasteiger partial charge in [-0.05, 0) is 23.2 Å². The number of hydrogen-bond acceptors (Lipinski definition) is 0. The number of hydrogen-bond donors (Lipinski definition) is 0. The molecule has 0 aliphatic carbocycles. The van der Waals surface area contributed by atoms with Gasteiger partial charge in [0.05, 0.1) is 0 Å². The summed E-state index contributed by atoms with van der Waals surface area (Å²) in [5.74, 6) is 0.759. The summed E-state index contributed by atoms with van der Waals surface area (Å²) < 4.78 is 0. The minimum atomic E-state index is 0.299. The Bertz CT molecular complexity index is 177. The van der Waals surface area contributed by atoms with Gasteiger partial charge in [0.2, 0.25) is 0 Å². The van der Waals surface area contributed by atoms with E-state index in [0.717, 1.165) is 5.92 Å². The van der Waals surface area contributed by atoms with Crippen molar-refractivity contribution in [2.75, 3.05) is 0 Å². The van der Waals surface area contributed by atoms with Gasteiger partial charge in [-0.1, -0.05) is 67.0 Å². The van der Waals surface area contributed by atoms with E-state index in [9.17, 15) is 0 Å². The Balaban J connectivity index is 4.84. The van der Waals surface area contributed by atoms with Gasteiger partial charge in [0.1, 0.15) is 0 Å². The van der Waals surface area contributed by atoms with Crippen molar-refractivity contribution in [3.63, 3.8) is 0 Å². The molecule has 0 atom stereocenters. The minimum Gasteiger partial charge on any atom is -0.0840 e. The molecule has 0 N–H and O–H groups in total. The normalized spacial score (nSPS) is 13.2. The molecule has 0 aliphatic rings. The molecule has 0 aromatic heterocycles. The van der Waals surface area contributed by atoms with Gasteiger partial charge < -0.3 is 0 Å². The Labute approximate surface area is 90.8 Å². The van der Waals surface area contributed by atoms with E-state index < -0.39 is 0 Å². The topological polar surface area (TPSA) is 0 Å². The van der Waals surface area contributed by atoms with Crippen LogP contribution in [0.25, 0.3) is 0 Å². The van der Waals surface area contributed by atoms with E-state index in [1.54, 1.807) is 5.57 Å². The van der Waals surface area contributed by atoms with Crippen molar-refractivity contribution in [1.82, 2.24) is 0 Å². The second kappa shape index (κ2) is 4.51. The van der Waals surface area contributed by atoms with Crippen molar-refractivity contribution >= 4 is 0 Å². The monoisotopic (exact) mass is 196 g/mol. The molecule has 0 bridgehead atoms. The van der Waals surface area contributed by atoms with Gasteiger partial charge >= 0.3 is 0 Å². The highest BCUT2D eigenvalue weighted by atomic mass is 14.3. The summed E-state index contributed by atoms with van der Waals surface area (Å²) >= 11 is 0. The van der Waals surface area contributed by atoms with Crippen LogP contribution < -0.4 is 0 Å². The van der Waals surface area contributed by atoms with Crippen molar-refractivity contribution in [2.24, 2.45) is 16.7 Å². The largest absolute Gasteiger partial charge is 0.0840 e. The lowest BCUT2D eigenvalue weighted by Crippen LogP contribution is -2.22. The zero-order valence-electron chi connectivity index (χ0n) is 11.4. The van der Waals surface area contributed by atoms with Gasteiger partial charge in [-0.3, -0.25) is 0 Å². The average molecular weight is 196 g/mol. The lowest BCUT2D eigenvalue weighted by atomic mass is 9.71. The summed E-state index contributed by atoms with van der Waals surface area (Å²) in [6.07, 6.45) is 3.65. The zero-order valence-corrected chi connectivity index (χ0v) is 11.4. The van der Waals surface area contributed by atoms with Crippen LogP contribution in [0, 0.1) is 16.7 Å². The molecule has 0 saturated carbocycles. The zero-order chi connectivity index (χ0) is 11.6. The summed E-state index contributed by atoms with van der Waals surface area (Å²) in [5.41, 5.74) is 2.18. The van der Waals surface area contributed by atoms with Crippen LogP contribution in [0.2, 0.25) is 0 Å². The molecule has 0 heteroatoms. The Hall–Kier alpha value is -0.260. The molecular formula is C14H28. The molecule has 0 saturated heterocycles. The van der Waals surface area contributed by atoms with E-state index in [-0.39, 0.29) is 0 Å². The summed E-state index contributed by atoms with van der Waals surface area (Å²) in [6.45, 7) is 18.4. The fourth-order valence-corrected chi connectivity index (χ4v) is 2.09. The van der Waals surface area contributed by atoms with Crippen molar-refractivity contribution in [1.29, 1.82) is 0 Å². The molecule has 0 aliphatic heterocycles. The first-order valence-corrected chi connectivity index (χ1v) is 5.76. The molecular weight excluding hydrogens is 168 g/mol. The maximum absolute atomic E-state index is 2.45. The summed E-state index contributed by atoms with van der Waals surface area (Å²) in [7, 11) is 0. The molecule has 0 heterocycles. The van der Waals surface area contributed by atoms with E-state index in [4.69, 9.17) is 0 Å². The standard InChI is InChI=1S/C14H28/c1-11(2)9-10-12(13(3,4)5)14(6,7)8/h10-11H,9H2,1-8H3. The second-order valence-electron chi connectivity index (χ2n) is 6.75. The third-order valence-corrected chi connectivity index (χ3v) is 2.41. The van der Waals surface area contributed by atoms with Crippen LogP contribution in [0.1, 0.15) is 61.8 Å². The van der Waals surface area contributed by atoms with Crippen molar-refractivity contribution in [2.45, 2.75) is 61.8 Å². The predicted octanol–water partition coefficient (Wildman–Crippen LogP) is 5.05. The van der Waals surface area contributed by atoms with Crippen molar-refractivity contribution in [3.05, 3.63) is 11.6 Å². The smallest absolute Gasteiger partial charge is 0.0168 e. The molecule has 0 nitrogen and oxygen atoms in total. The first kappa shape index (κ1) is 13.7. The SMILES string of the molecule is CC(C)CC=C(C(C)(C)C)C(C)(C)C. The summed E-state index contributed by atoms with van der Waals surface area (Å²) in [5, 5.41) is 0. The van der Waals surface area contributed by atoms with Crippen LogP contribution in [-0.4, -0.2) is 0 Å². The minimum absolute atomic E-state index is 0.299. The highest BCUT2D eigenvalue weighted by Gasteiger charge is 2.27. The lowest BCUT2D eigenvalue weighted by Gasteiger charge is -2.34. The second-order valence-corrected chi connectivity index (χ2v) is 6.75. The van der Waals surface area contributed by atoms with Crippen LogP contribution in [0.5, 0.6) is 0 Å². The van der Waals surface area contributed by atoms with Gasteiger partial charge in [-0.15, -0.1) is 0 Å². The molecule has 0 fully saturated rings. The molecule has 0 radical (unpaired) electrons. The molecule has 0 aromatic rings. The van der Waals surface area contributed by atoms with Crippen molar-refractivity contribution < 1.29 is 0 Å². The third kappa shape index (κ3) is 4.83. The lowest BCUT2D eigenvalue weighted by molar-refractivity contribution is 0.358. The van der Waals surface area contributed by atoms with E-state index in [0.29, 0.717) is 10.8 Å². The van der Waals surface area contributed by atoms with Gasteiger partial charge in [-0.2, -0.15) is 0 Å². The van der Waals surface area contributed by atoms with Crippen LogP contribution in [0.3, 0.4) is 0 Å². The van der Waals surface area contributed by atoms with E-state index in [1.807, 2.05) is 0 Å². The number of allylic oxidation sites excluding steroid dienone is 2. The van der Waals surface area contributed by atoms with Gasteiger partial charge in [-0.25, -0.2) is 0 Å². The highest BCUT2D eigenvalue weighted by molar-refractivity contribution is 5.18. The molecule has 0 aromatic carbocycles. The van der Waals surface area contributed by atoms with Crippen molar-refractivity contribution in [3.8, 4) is 0 Å². The summed E-state index contributed by atoms with van der Waals surface area (Å²) in [6, 6.07) is 0. The van der Waals surface area contributed by atoms with Gasteiger partial charge in [0.15, 0.2) is 0 Å². The van der Waals surface area contributed by atoms with E-state index in [2.05, 4.69) is 61.5 Å². The number of rotatable bonds is 2. The van der Waals surface area contributed by atoms with Crippen LogP contribution in [0.4, 0.5) is 0 Å². The Kier molecular flexibility index (Phi) is 4.42. The van der Waals surface area contributed by atoms with Crippen LogP contribution in [0.15, 0.2) is 11.6 Å². The van der Waals surface area contributed by atoms with Gasteiger partial charge in [0, 0.05) is 0 Å². The van der Waals surface area contributed by atoms with Crippen LogP contribution in [-0.2, 0) is 0 Å². The Morgan fingerprint density at radius 3 is 1.50 bits per heavy atom. The third-order valence-electron chi connectivity index (χ3n) is 2.41. The molecule has 14 heavy (non-hydrogen) atoms.